The molecule has 2 aliphatic heterocycles. The Morgan fingerprint density at radius 1 is 0.681 bits per heavy atom. The van der Waals surface area contributed by atoms with Gasteiger partial charge in [0.1, 0.15) is 42.8 Å². The lowest BCUT2D eigenvalue weighted by molar-refractivity contribution is -0.128. The first-order valence-electron chi connectivity index (χ1n) is 22.6. The Bertz CT molecular complexity index is 2830. The molecule has 5 N–H and O–H groups in total. The van der Waals surface area contributed by atoms with Crippen molar-refractivity contribution in [1.82, 2.24) is 24.7 Å². The average Bonchev–Trinajstić information content (AvgIpc) is 4.22. The van der Waals surface area contributed by atoms with E-state index in [1.165, 1.54) is 77.9 Å². The van der Waals surface area contributed by atoms with Crippen molar-refractivity contribution in [2.24, 2.45) is 5.73 Å². The summed E-state index contributed by atoms with van der Waals surface area (Å²) in [6.07, 6.45) is 7.98. The first-order valence-corrected chi connectivity index (χ1v) is 23.4. The Morgan fingerprint density at radius 3 is 1.68 bits per heavy atom. The molecule has 2 fully saturated rings. The highest BCUT2D eigenvalue weighted by atomic mass is 35.5. The number of imidazole rings is 1. The number of aromatic nitrogens is 2. The molecule has 0 radical (unpaired) electrons. The third-order valence-corrected chi connectivity index (χ3v) is 12.7. The molecule has 5 amide bonds. The van der Waals surface area contributed by atoms with Crippen LogP contribution in [0.3, 0.4) is 0 Å². The van der Waals surface area contributed by atoms with Crippen LogP contribution >= 0.6 is 35.6 Å². The average molecular weight is 1060 g/mol. The number of hydrogen-bond acceptors (Lipinski definition) is 10. The Balaban J connectivity index is 0.000000188. The summed E-state index contributed by atoms with van der Waals surface area (Å²) in [5.41, 5.74) is 8.97. The van der Waals surface area contributed by atoms with Crippen molar-refractivity contribution in [2.45, 2.75) is 63.5 Å². The third-order valence-electron chi connectivity index (χ3n) is 12.1. The Labute approximate surface area is 426 Å². The predicted molar refractivity (Wildman–Crippen MR) is 260 cm³/mol. The fourth-order valence-corrected chi connectivity index (χ4v) is 8.94. The van der Waals surface area contributed by atoms with Gasteiger partial charge >= 0.3 is 12.2 Å². The summed E-state index contributed by atoms with van der Waals surface area (Å²) in [7, 11) is 0. The molecular formula is C49H49Cl3F4N8O8. The van der Waals surface area contributed by atoms with Crippen molar-refractivity contribution < 1.29 is 55.8 Å². The number of nitrogens with two attached hydrogens (primary N) is 1. The van der Waals surface area contributed by atoms with E-state index in [0.717, 1.165) is 25.5 Å². The quantitative estimate of drug-likeness (QED) is 0.0924. The molecule has 0 saturated carbocycles. The van der Waals surface area contributed by atoms with Crippen molar-refractivity contribution in [3.8, 4) is 0 Å². The first kappa shape index (κ1) is 54.6. The maximum atomic E-state index is 14.6. The number of nitrogens with zero attached hydrogens (tertiary/aromatic N) is 4. The van der Waals surface area contributed by atoms with Crippen molar-refractivity contribution in [3.05, 3.63) is 146 Å². The summed E-state index contributed by atoms with van der Waals surface area (Å²) in [5.74, 6) is -2.80. The molecule has 2 saturated heterocycles. The standard InChI is InChI=1S/C23H22ClF2N3O4.C16H13ClF2N2O.C10H13N3O3.ClH/c24-16-12-13(3-6-17(16)25)27-22(31)15-4-7-18(26)21-14(15)5-8-19(21)28-23(32)33-11-10-29-9-1-2-20(29)30;17-11-7-8(1-4-12(11)18)21-16(22)10-2-5-13(19)15-9(10)3-6-14(15)20;14-9-2-1-4-12(9)6-7-16-10(15)13-5-3-11-8-13;/h3-4,6-7,12,19H,1-2,5,8-11H2,(H,27,31)(H,28,32);1-2,4-5,7,14H,3,6,20H2,(H,21,22);3,5,8H,1-2,4,6-7H2;1H/t19-;14-;;/m00../s1. The highest BCUT2D eigenvalue weighted by Gasteiger charge is 2.32. The molecule has 9 rings (SSSR count). The van der Waals surface area contributed by atoms with Gasteiger partial charge in [-0.3, -0.25) is 19.2 Å². The molecule has 1 aromatic heterocycles. The van der Waals surface area contributed by atoms with E-state index in [0.29, 0.717) is 91.8 Å². The maximum Gasteiger partial charge on any atom is 0.419 e. The maximum absolute atomic E-state index is 14.6. The molecule has 72 heavy (non-hydrogen) atoms. The molecule has 0 unspecified atom stereocenters. The van der Waals surface area contributed by atoms with Crippen molar-refractivity contribution in [1.29, 1.82) is 0 Å². The van der Waals surface area contributed by atoms with Crippen LogP contribution in [0.4, 0.5) is 38.5 Å². The van der Waals surface area contributed by atoms with E-state index >= 15 is 0 Å². The molecule has 5 aromatic rings. The van der Waals surface area contributed by atoms with Crippen molar-refractivity contribution in [3.63, 3.8) is 0 Å². The Kier molecular flexibility index (Phi) is 19.0. The van der Waals surface area contributed by atoms with E-state index in [1.807, 2.05) is 0 Å². The molecule has 2 aliphatic carbocycles. The summed E-state index contributed by atoms with van der Waals surface area (Å²) >= 11 is 11.4. The van der Waals surface area contributed by atoms with Gasteiger partial charge in [0, 0.05) is 78.0 Å². The predicted octanol–water partition coefficient (Wildman–Crippen LogP) is 8.93. The zero-order valence-electron chi connectivity index (χ0n) is 38.4. The number of nitrogens with one attached hydrogen (secondary N) is 3. The van der Waals surface area contributed by atoms with E-state index in [-0.39, 0.29) is 70.5 Å². The van der Waals surface area contributed by atoms with Gasteiger partial charge in [-0.05, 0) is 110 Å². The number of fused-ring (bicyclic) bond motifs is 2. The summed E-state index contributed by atoms with van der Waals surface area (Å²) < 4.78 is 66.4. The van der Waals surface area contributed by atoms with Crippen LogP contribution in [0.25, 0.3) is 0 Å². The third kappa shape index (κ3) is 13.6. The second kappa shape index (κ2) is 25.1. The van der Waals surface area contributed by atoms with Crippen LogP contribution < -0.4 is 21.7 Å². The van der Waals surface area contributed by atoms with Crippen LogP contribution in [-0.2, 0) is 31.9 Å². The van der Waals surface area contributed by atoms with Gasteiger partial charge < -0.3 is 41.0 Å². The molecule has 3 heterocycles. The van der Waals surface area contributed by atoms with Crippen LogP contribution in [0.1, 0.15) is 93.6 Å². The minimum absolute atomic E-state index is 0. The largest absolute Gasteiger partial charge is 0.448 e. The Hall–Kier alpha value is -6.74. The molecule has 4 aliphatic rings. The van der Waals surface area contributed by atoms with Crippen LogP contribution in [0, 0.1) is 23.3 Å². The SMILES string of the molecule is Cl.N[C@H]1CCc2c(C(=O)Nc3ccc(F)c(Cl)c3)ccc(F)c21.O=C(N[C@H]1CCc2c(C(=O)Nc3ccc(F)c(Cl)c3)ccc(F)c21)OCCN1CCCC1=O.O=C1CCCN1CCOC(=O)n1ccnc1. The zero-order valence-corrected chi connectivity index (χ0v) is 40.7. The van der Waals surface area contributed by atoms with Gasteiger partial charge in [-0.1, -0.05) is 23.2 Å². The molecule has 2 atom stereocenters. The van der Waals surface area contributed by atoms with Crippen molar-refractivity contribution >= 4 is 82.8 Å². The molecule has 0 spiro atoms. The fraction of sp³-hybridized carbons (Fsp3) is 0.327. The van der Waals surface area contributed by atoms with E-state index < -0.39 is 47.5 Å². The molecule has 16 nitrogen and oxygen atoms in total. The second-order valence-corrected chi connectivity index (χ2v) is 17.5. The number of ether oxygens (including phenoxy) is 2. The highest BCUT2D eigenvalue weighted by Crippen LogP contribution is 2.37. The number of likely N-dealkylation sites (tertiary alicyclic amines) is 2. The summed E-state index contributed by atoms with van der Waals surface area (Å²) in [4.78, 5) is 78.7. The van der Waals surface area contributed by atoms with E-state index in [1.54, 1.807) is 9.80 Å². The van der Waals surface area contributed by atoms with E-state index in [9.17, 15) is 46.3 Å². The van der Waals surface area contributed by atoms with Crippen LogP contribution in [0.15, 0.2) is 79.4 Å². The number of carbonyl (C=O) groups is 6. The summed E-state index contributed by atoms with van der Waals surface area (Å²) in [6.45, 7) is 2.48. The van der Waals surface area contributed by atoms with Crippen molar-refractivity contribution in [2.75, 3.05) is 50.0 Å². The number of benzene rings is 4. The molecule has 23 heteroatoms. The zero-order chi connectivity index (χ0) is 50.8. The monoisotopic (exact) mass is 1060 g/mol. The lowest BCUT2D eigenvalue weighted by Gasteiger charge is -2.18. The van der Waals surface area contributed by atoms with Gasteiger partial charge in [-0.25, -0.2) is 36.7 Å². The summed E-state index contributed by atoms with van der Waals surface area (Å²) in [5, 5.41) is 7.71. The number of anilines is 2. The fourth-order valence-electron chi connectivity index (χ4n) is 8.58. The minimum atomic E-state index is -0.713. The topological polar surface area (TPSA) is 207 Å². The molecule has 4 aromatic carbocycles. The second-order valence-electron chi connectivity index (χ2n) is 16.7. The molecule has 0 bridgehead atoms. The molecule has 382 valence electrons. The van der Waals surface area contributed by atoms with Gasteiger partial charge in [0.15, 0.2) is 0 Å². The lowest BCUT2D eigenvalue weighted by Crippen LogP contribution is -2.33. The number of alkyl carbamates (subject to hydrolysis) is 1. The van der Waals surface area contributed by atoms with Crippen LogP contribution in [0.2, 0.25) is 10.0 Å². The molecular weight excluding hydrogens is 1010 g/mol. The number of carbonyl (C=O) groups excluding carboxylic acids is 6. The Morgan fingerprint density at radius 2 is 1.18 bits per heavy atom. The number of hydrogen-bond donors (Lipinski definition) is 4. The van der Waals surface area contributed by atoms with E-state index in [4.69, 9.17) is 38.4 Å². The van der Waals surface area contributed by atoms with Gasteiger partial charge in [-0.2, -0.15) is 0 Å². The highest BCUT2D eigenvalue weighted by molar-refractivity contribution is 6.31. The smallest absolute Gasteiger partial charge is 0.419 e. The van der Waals surface area contributed by atoms with Gasteiger partial charge in [0.2, 0.25) is 11.8 Å². The minimum Gasteiger partial charge on any atom is -0.448 e. The van der Waals surface area contributed by atoms with Crippen LogP contribution in [0.5, 0.6) is 0 Å². The normalized spacial score (nSPS) is 16.3. The first-order chi connectivity index (χ1) is 34.1. The number of amides is 5. The van der Waals surface area contributed by atoms with Gasteiger partial charge in [-0.15, -0.1) is 12.4 Å². The summed E-state index contributed by atoms with van der Waals surface area (Å²) in [6, 6.07) is 11.9. The number of halogens is 7. The van der Waals surface area contributed by atoms with Gasteiger partial charge in [0.05, 0.1) is 29.2 Å². The number of rotatable bonds is 11. The lowest BCUT2D eigenvalue weighted by atomic mass is 10.0. The van der Waals surface area contributed by atoms with Gasteiger partial charge in [0.25, 0.3) is 11.8 Å². The van der Waals surface area contributed by atoms with E-state index in [2.05, 4.69) is 20.9 Å². The van der Waals surface area contributed by atoms with Crippen LogP contribution in [-0.4, -0.2) is 94.6 Å².